The van der Waals surface area contributed by atoms with E-state index in [4.69, 9.17) is 21.1 Å². The molecule has 0 spiro atoms. The van der Waals surface area contributed by atoms with E-state index in [2.05, 4.69) is 52.1 Å². The molecule has 0 aliphatic rings. The fourth-order valence-corrected chi connectivity index (χ4v) is 3.72. The van der Waals surface area contributed by atoms with Crippen LogP contribution in [0.1, 0.15) is 46.6 Å². The number of ether oxygens (including phenoxy) is 2. The molecule has 0 radical (unpaired) electrons. The first-order chi connectivity index (χ1) is 13.0. The van der Waals surface area contributed by atoms with E-state index in [1.807, 2.05) is 12.1 Å². The molecule has 0 atom stereocenters. The molecule has 0 unspecified atom stereocenters. The molecule has 0 saturated carbocycles. The zero-order chi connectivity index (χ0) is 20.9. The molecule has 0 heterocycles. The quantitative estimate of drug-likeness (QED) is 0.609. The minimum absolute atomic E-state index is 0.0668. The molecule has 0 aliphatic heterocycles. The summed E-state index contributed by atoms with van der Waals surface area (Å²) < 4.78 is 10.9. The summed E-state index contributed by atoms with van der Waals surface area (Å²) in [4.78, 5) is 12.2. The lowest BCUT2D eigenvalue weighted by atomic mass is 9.72. The monoisotopic (exact) mass is 403 g/mol. The largest absolute Gasteiger partial charge is 0.495 e. The van der Waals surface area contributed by atoms with E-state index in [0.717, 1.165) is 6.42 Å². The van der Waals surface area contributed by atoms with Gasteiger partial charge in [0.05, 0.1) is 12.8 Å². The smallest absolute Gasteiger partial charge is 0.262 e. The van der Waals surface area contributed by atoms with Crippen LogP contribution in [-0.4, -0.2) is 19.6 Å². The Labute approximate surface area is 173 Å². The number of amides is 1. The number of benzene rings is 2. The van der Waals surface area contributed by atoms with Crippen LogP contribution in [0.2, 0.25) is 5.02 Å². The highest BCUT2D eigenvalue weighted by Gasteiger charge is 2.27. The zero-order valence-electron chi connectivity index (χ0n) is 17.6. The highest BCUT2D eigenvalue weighted by atomic mass is 35.5. The molecule has 28 heavy (non-hydrogen) atoms. The molecule has 1 amide bonds. The topological polar surface area (TPSA) is 47.6 Å². The molecule has 0 saturated heterocycles. The van der Waals surface area contributed by atoms with Gasteiger partial charge in [-0.25, -0.2) is 0 Å². The van der Waals surface area contributed by atoms with Gasteiger partial charge in [-0.2, -0.15) is 0 Å². The third kappa shape index (κ3) is 6.45. The Hall–Kier alpha value is -2.20. The Morgan fingerprint density at radius 1 is 1.04 bits per heavy atom. The van der Waals surface area contributed by atoms with Crippen molar-refractivity contribution < 1.29 is 14.3 Å². The fourth-order valence-electron chi connectivity index (χ4n) is 3.54. The number of methoxy groups -OCH3 is 1. The van der Waals surface area contributed by atoms with Crippen molar-refractivity contribution in [3.05, 3.63) is 53.1 Å². The number of hydrogen-bond donors (Lipinski definition) is 1. The molecular formula is C23H30ClNO3. The maximum Gasteiger partial charge on any atom is 0.262 e. The molecule has 0 aliphatic carbocycles. The van der Waals surface area contributed by atoms with Crippen LogP contribution in [0.25, 0.3) is 0 Å². The van der Waals surface area contributed by atoms with Crippen LogP contribution in [0.15, 0.2) is 42.5 Å². The zero-order valence-corrected chi connectivity index (χ0v) is 18.3. The third-order valence-electron chi connectivity index (χ3n) is 4.41. The SMILES string of the molecule is COc1ccc(Cl)cc1NC(=O)COc1ccc(C(C)(C)CC(C)(C)C)cc1. The van der Waals surface area contributed by atoms with E-state index >= 15 is 0 Å². The number of halogens is 1. The Morgan fingerprint density at radius 3 is 2.25 bits per heavy atom. The first kappa shape index (κ1) is 22.1. The van der Waals surface area contributed by atoms with Gasteiger partial charge in [0, 0.05) is 5.02 Å². The maximum atomic E-state index is 12.2. The Bertz CT molecular complexity index is 808. The van der Waals surface area contributed by atoms with Crippen molar-refractivity contribution in [1.29, 1.82) is 0 Å². The Morgan fingerprint density at radius 2 is 1.68 bits per heavy atom. The van der Waals surface area contributed by atoms with Crippen LogP contribution >= 0.6 is 11.6 Å². The molecular weight excluding hydrogens is 374 g/mol. The first-order valence-corrected chi connectivity index (χ1v) is 9.75. The van der Waals surface area contributed by atoms with E-state index in [0.29, 0.717) is 22.2 Å². The number of hydrogen-bond acceptors (Lipinski definition) is 3. The normalized spacial score (nSPS) is 11.8. The highest BCUT2D eigenvalue weighted by Crippen LogP contribution is 2.36. The van der Waals surface area contributed by atoms with Crippen LogP contribution in [0.3, 0.4) is 0 Å². The number of anilines is 1. The summed E-state index contributed by atoms with van der Waals surface area (Å²) in [6.07, 6.45) is 1.07. The number of rotatable bonds is 7. The van der Waals surface area contributed by atoms with Crippen LogP contribution in [-0.2, 0) is 10.2 Å². The van der Waals surface area contributed by atoms with Gasteiger partial charge in [-0.3, -0.25) is 4.79 Å². The van der Waals surface area contributed by atoms with Crippen molar-refractivity contribution >= 4 is 23.2 Å². The average Bonchev–Trinajstić information content (AvgIpc) is 2.58. The number of nitrogens with one attached hydrogen (secondary N) is 1. The fraction of sp³-hybridized carbons (Fsp3) is 0.435. The van der Waals surface area contributed by atoms with Crippen LogP contribution in [0, 0.1) is 5.41 Å². The van der Waals surface area contributed by atoms with E-state index in [1.165, 1.54) is 12.7 Å². The summed E-state index contributed by atoms with van der Waals surface area (Å²) in [5, 5.41) is 3.28. The predicted molar refractivity (Wildman–Crippen MR) is 116 cm³/mol. The summed E-state index contributed by atoms with van der Waals surface area (Å²) in [7, 11) is 1.54. The lowest BCUT2D eigenvalue weighted by molar-refractivity contribution is -0.118. The molecule has 2 aromatic rings. The predicted octanol–water partition coefficient (Wildman–Crippen LogP) is 6.08. The molecule has 152 valence electrons. The van der Waals surface area contributed by atoms with Crippen molar-refractivity contribution in [2.75, 3.05) is 19.0 Å². The standard InChI is InChI=1S/C23H30ClNO3/c1-22(2,3)15-23(4,5)16-7-10-18(11-8-16)28-14-21(26)25-19-13-17(24)9-12-20(19)27-6/h7-13H,14-15H2,1-6H3,(H,25,26). The van der Waals surface area contributed by atoms with E-state index < -0.39 is 0 Å². The average molecular weight is 404 g/mol. The molecule has 1 N–H and O–H groups in total. The molecule has 4 nitrogen and oxygen atoms in total. The van der Waals surface area contributed by atoms with Crippen LogP contribution in [0.5, 0.6) is 11.5 Å². The lowest BCUT2D eigenvalue weighted by Crippen LogP contribution is -2.24. The number of carbonyl (C=O) groups is 1. The minimum atomic E-state index is -0.280. The molecule has 2 aromatic carbocycles. The summed E-state index contributed by atoms with van der Waals surface area (Å²) in [6, 6.07) is 13.0. The van der Waals surface area contributed by atoms with Gasteiger partial charge in [-0.1, -0.05) is 58.4 Å². The minimum Gasteiger partial charge on any atom is -0.495 e. The summed E-state index contributed by atoms with van der Waals surface area (Å²) in [5.41, 5.74) is 2.08. The third-order valence-corrected chi connectivity index (χ3v) is 4.65. The van der Waals surface area contributed by atoms with Crippen molar-refractivity contribution in [1.82, 2.24) is 0 Å². The van der Waals surface area contributed by atoms with Gasteiger partial charge in [-0.05, 0) is 53.1 Å². The second-order valence-corrected chi connectivity index (χ2v) is 9.26. The summed E-state index contributed by atoms with van der Waals surface area (Å²) >= 11 is 5.98. The lowest BCUT2D eigenvalue weighted by Gasteiger charge is -2.33. The van der Waals surface area contributed by atoms with E-state index in [-0.39, 0.29) is 23.3 Å². The van der Waals surface area contributed by atoms with Gasteiger partial charge in [0.25, 0.3) is 5.91 Å². The second-order valence-electron chi connectivity index (χ2n) is 8.83. The van der Waals surface area contributed by atoms with Gasteiger partial charge < -0.3 is 14.8 Å². The van der Waals surface area contributed by atoms with Crippen LogP contribution < -0.4 is 14.8 Å². The maximum absolute atomic E-state index is 12.2. The second kappa shape index (κ2) is 8.87. The Balaban J connectivity index is 1.96. The van der Waals surface area contributed by atoms with Crippen molar-refractivity contribution in [3.63, 3.8) is 0 Å². The van der Waals surface area contributed by atoms with Crippen molar-refractivity contribution in [3.8, 4) is 11.5 Å². The Kier molecular flexibility index (Phi) is 7.00. The summed E-state index contributed by atoms with van der Waals surface area (Å²) in [5.74, 6) is 0.921. The molecule has 5 heteroatoms. The highest BCUT2D eigenvalue weighted by molar-refractivity contribution is 6.31. The van der Waals surface area contributed by atoms with E-state index in [9.17, 15) is 4.79 Å². The van der Waals surface area contributed by atoms with Gasteiger partial charge in [0.15, 0.2) is 6.61 Å². The molecule has 0 bridgehead atoms. The van der Waals surface area contributed by atoms with Gasteiger partial charge >= 0.3 is 0 Å². The summed E-state index contributed by atoms with van der Waals surface area (Å²) in [6.45, 7) is 11.2. The molecule has 2 rings (SSSR count). The van der Waals surface area contributed by atoms with Crippen molar-refractivity contribution in [2.45, 2.75) is 46.5 Å². The van der Waals surface area contributed by atoms with E-state index in [1.54, 1.807) is 18.2 Å². The van der Waals surface area contributed by atoms with Gasteiger partial charge in [0.2, 0.25) is 0 Å². The molecule has 0 aromatic heterocycles. The first-order valence-electron chi connectivity index (χ1n) is 9.37. The van der Waals surface area contributed by atoms with Crippen LogP contribution in [0.4, 0.5) is 5.69 Å². The van der Waals surface area contributed by atoms with Gasteiger partial charge in [-0.15, -0.1) is 0 Å². The van der Waals surface area contributed by atoms with Gasteiger partial charge in [0.1, 0.15) is 11.5 Å². The molecule has 0 fully saturated rings. The number of carbonyl (C=O) groups excluding carboxylic acids is 1. The van der Waals surface area contributed by atoms with Crippen molar-refractivity contribution in [2.24, 2.45) is 5.41 Å².